The van der Waals surface area contributed by atoms with Crippen LogP contribution in [0.5, 0.6) is 0 Å². The summed E-state index contributed by atoms with van der Waals surface area (Å²) < 4.78 is 6.11. The molecule has 0 aliphatic rings. The van der Waals surface area contributed by atoms with E-state index in [9.17, 15) is 4.79 Å². The third kappa shape index (κ3) is 4.33. The number of anilines is 1. The molecule has 3 rings (SSSR count). The number of nitrogens with one attached hydrogen (secondary N) is 1. The number of rotatable bonds is 4. The molecule has 6 nitrogen and oxygen atoms in total. The van der Waals surface area contributed by atoms with Crippen molar-refractivity contribution in [3.05, 3.63) is 58.0 Å². The molecular weight excluding hydrogens is 380 g/mol. The van der Waals surface area contributed by atoms with Gasteiger partial charge in [0.1, 0.15) is 12.3 Å². The Morgan fingerprint density at radius 3 is 2.78 bits per heavy atom. The number of hydrogen-bond donors (Lipinski definition) is 1. The highest BCUT2D eigenvalue weighted by Crippen LogP contribution is 2.29. The lowest BCUT2D eigenvalue weighted by molar-refractivity contribution is 0.155. The van der Waals surface area contributed by atoms with Crippen LogP contribution in [0.1, 0.15) is 5.56 Å². The van der Waals surface area contributed by atoms with E-state index in [4.69, 9.17) is 4.74 Å². The van der Waals surface area contributed by atoms with Crippen LogP contribution in [0, 0.1) is 0 Å². The van der Waals surface area contributed by atoms with Crippen LogP contribution in [0.3, 0.4) is 0 Å². The van der Waals surface area contributed by atoms with E-state index >= 15 is 0 Å². The molecule has 116 valence electrons. The van der Waals surface area contributed by atoms with Gasteiger partial charge in [0, 0.05) is 0 Å². The lowest BCUT2D eigenvalue weighted by atomic mass is 10.2. The van der Waals surface area contributed by atoms with Crippen molar-refractivity contribution in [2.24, 2.45) is 0 Å². The zero-order valence-electron chi connectivity index (χ0n) is 11.8. The zero-order chi connectivity index (χ0) is 16.1. The maximum Gasteiger partial charge on any atom is 0.414 e. The Bertz CT molecular complexity index is 810. The molecule has 1 N–H and O–H groups in total. The molecule has 2 heterocycles. The fourth-order valence-electron chi connectivity index (χ4n) is 1.78. The number of nitrogens with zero attached hydrogens (tertiary/aromatic N) is 3. The fourth-order valence-corrected chi connectivity index (χ4v) is 3.12. The Morgan fingerprint density at radius 2 is 2.04 bits per heavy atom. The van der Waals surface area contributed by atoms with Crippen molar-refractivity contribution in [2.45, 2.75) is 6.61 Å². The van der Waals surface area contributed by atoms with Crippen LogP contribution in [0.15, 0.2) is 52.4 Å². The van der Waals surface area contributed by atoms with Gasteiger partial charge in [0.05, 0.1) is 14.9 Å². The summed E-state index contributed by atoms with van der Waals surface area (Å²) in [6.45, 7) is 0.178. The van der Waals surface area contributed by atoms with Gasteiger partial charge < -0.3 is 4.74 Å². The Hall–Kier alpha value is -2.32. The maximum absolute atomic E-state index is 11.8. The summed E-state index contributed by atoms with van der Waals surface area (Å²) in [5.41, 5.74) is 1.54. The first-order chi connectivity index (χ1) is 11.2. The van der Waals surface area contributed by atoms with E-state index in [1.165, 1.54) is 11.3 Å². The normalized spacial score (nSPS) is 10.3. The average Bonchev–Trinajstić information content (AvgIpc) is 3.01. The third-order valence-corrected chi connectivity index (χ3v) is 4.46. The lowest BCUT2D eigenvalue weighted by Gasteiger charge is -2.06. The number of amides is 1. The smallest absolute Gasteiger partial charge is 0.414 e. The first-order valence-electron chi connectivity index (χ1n) is 6.64. The third-order valence-electron chi connectivity index (χ3n) is 2.81. The minimum atomic E-state index is -0.625. The topological polar surface area (TPSA) is 77.0 Å². The number of carbonyl (C=O) groups excluding carboxylic acids is 1. The second-order valence-corrected chi connectivity index (χ2v) is 6.92. The number of halogens is 1. The average molecular weight is 391 g/mol. The molecule has 0 saturated heterocycles. The van der Waals surface area contributed by atoms with Crippen molar-refractivity contribution < 1.29 is 9.53 Å². The summed E-state index contributed by atoms with van der Waals surface area (Å²) in [5, 5.41) is 10.1. The minimum Gasteiger partial charge on any atom is -0.444 e. The molecule has 23 heavy (non-hydrogen) atoms. The highest BCUT2D eigenvalue weighted by Gasteiger charge is 2.09. The quantitative estimate of drug-likeness (QED) is 0.724. The van der Waals surface area contributed by atoms with Gasteiger partial charge in [-0.05, 0) is 33.6 Å². The van der Waals surface area contributed by atoms with E-state index < -0.39 is 6.09 Å². The highest BCUT2D eigenvalue weighted by molar-refractivity contribution is 9.11. The van der Waals surface area contributed by atoms with Crippen LogP contribution >= 0.6 is 27.3 Å². The van der Waals surface area contributed by atoms with Gasteiger partial charge in [-0.3, -0.25) is 5.32 Å². The second-order valence-electron chi connectivity index (χ2n) is 4.46. The molecule has 0 bridgehead atoms. The Labute approximate surface area is 144 Å². The molecule has 0 aliphatic carbocycles. The van der Waals surface area contributed by atoms with Crippen molar-refractivity contribution in [1.29, 1.82) is 0 Å². The van der Waals surface area contributed by atoms with Gasteiger partial charge in [-0.15, -0.1) is 16.4 Å². The number of carbonyl (C=O) groups is 1. The van der Waals surface area contributed by atoms with Crippen molar-refractivity contribution >= 4 is 39.3 Å². The Morgan fingerprint density at radius 1 is 1.22 bits per heavy atom. The summed E-state index contributed by atoms with van der Waals surface area (Å²) in [7, 11) is 0. The van der Waals surface area contributed by atoms with Crippen molar-refractivity contribution in [2.75, 3.05) is 5.32 Å². The molecular formula is C15H11BrN4O2S. The van der Waals surface area contributed by atoms with E-state index in [-0.39, 0.29) is 12.6 Å². The molecule has 0 saturated carbocycles. The van der Waals surface area contributed by atoms with Gasteiger partial charge in [-0.25, -0.2) is 9.78 Å². The molecule has 1 amide bonds. The van der Waals surface area contributed by atoms with Crippen molar-refractivity contribution in [3.8, 4) is 10.6 Å². The van der Waals surface area contributed by atoms with Crippen molar-refractivity contribution in [3.63, 3.8) is 0 Å². The predicted molar refractivity (Wildman–Crippen MR) is 91.1 cm³/mol. The highest BCUT2D eigenvalue weighted by atomic mass is 79.9. The number of aromatic nitrogens is 3. The Balaban J connectivity index is 1.62. The lowest BCUT2D eigenvalue weighted by Crippen LogP contribution is -2.16. The molecule has 1 aromatic carbocycles. The van der Waals surface area contributed by atoms with Crippen LogP contribution in [0.2, 0.25) is 0 Å². The van der Waals surface area contributed by atoms with Gasteiger partial charge in [0.2, 0.25) is 0 Å². The van der Waals surface area contributed by atoms with E-state index in [0.29, 0.717) is 5.69 Å². The van der Waals surface area contributed by atoms with Gasteiger partial charge in [0.25, 0.3) is 5.95 Å². The standard InChI is InChI=1S/C15H11BrN4O2S/c16-13-7-6-12(23-13)11-8-17-20-14(18-11)19-15(21)22-9-10-4-2-1-3-5-10/h1-8H,9H2,(H,18,19,20,21). The summed E-state index contributed by atoms with van der Waals surface area (Å²) in [6.07, 6.45) is 0.916. The SMILES string of the molecule is O=C(Nc1nncc(-c2ccc(Br)s2)n1)OCc1ccccc1. The second kappa shape index (κ2) is 7.30. The Kier molecular flexibility index (Phi) is 4.94. The predicted octanol–water partition coefficient (Wildman–Crippen LogP) is 4.11. The molecule has 8 heteroatoms. The van der Waals surface area contributed by atoms with Crippen LogP contribution < -0.4 is 5.32 Å². The van der Waals surface area contributed by atoms with E-state index in [0.717, 1.165) is 14.2 Å². The molecule has 0 spiro atoms. The van der Waals surface area contributed by atoms with Gasteiger partial charge >= 0.3 is 6.09 Å². The summed E-state index contributed by atoms with van der Waals surface area (Å²) in [4.78, 5) is 17.0. The van der Waals surface area contributed by atoms with E-state index in [1.807, 2.05) is 42.5 Å². The van der Waals surface area contributed by atoms with Gasteiger partial charge in [-0.2, -0.15) is 5.10 Å². The minimum absolute atomic E-state index is 0.102. The first kappa shape index (κ1) is 15.6. The maximum atomic E-state index is 11.8. The van der Waals surface area contributed by atoms with Crippen LogP contribution in [0.25, 0.3) is 10.6 Å². The van der Waals surface area contributed by atoms with Gasteiger partial charge in [-0.1, -0.05) is 30.3 Å². The number of benzene rings is 1. The molecule has 2 aromatic heterocycles. The summed E-state index contributed by atoms with van der Waals surface area (Å²) >= 11 is 4.91. The number of ether oxygens (including phenoxy) is 1. The fraction of sp³-hybridized carbons (Fsp3) is 0.0667. The summed E-state index contributed by atoms with van der Waals surface area (Å²) in [6, 6.07) is 13.2. The molecule has 0 atom stereocenters. The molecule has 0 unspecified atom stereocenters. The van der Waals surface area contributed by atoms with Gasteiger partial charge in [0.15, 0.2) is 0 Å². The summed E-state index contributed by atoms with van der Waals surface area (Å²) in [5.74, 6) is 0.102. The van der Waals surface area contributed by atoms with E-state index in [2.05, 4.69) is 36.4 Å². The molecule has 3 aromatic rings. The largest absolute Gasteiger partial charge is 0.444 e. The number of hydrogen-bond acceptors (Lipinski definition) is 6. The van der Waals surface area contributed by atoms with E-state index in [1.54, 1.807) is 6.20 Å². The van der Waals surface area contributed by atoms with Crippen LogP contribution in [-0.2, 0) is 11.3 Å². The molecule has 0 radical (unpaired) electrons. The molecule has 0 aliphatic heterocycles. The monoisotopic (exact) mass is 390 g/mol. The van der Waals surface area contributed by atoms with Crippen molar-refractivity contribution in [1.82, 2.24) is 15.2 Å². The zero-order valence-corrected chi connectivity index (χ0v) is 14.2. The first-order valence-corrected chi connectivity index (χ1v) is 8.25. The molecule has 0 fully saturated rings. The van der Waals surface area contributed by atoms with Crippen LogP contribution in [0.4, 0.5) is 10.7 Å². The van der Waals surface area contributed by atoms with Crippen LogP contribution in [-0.4, -0.2) is 21.3 Å². The number of thiophene rings is 1.